The number of nitrogens with zero attached hydrogens (tertiary/aromatic N) is 4. The molecule has 1 fully saturated rings. The van der Waals surface area contributed by atoms with Crippen LogP contribution in [0.4, 0.5) is 5.82 Å². The first-order valence-electron chi connectivity index (χ1n) is 11.7. The summed E-state index contributed by atoms with van der Waals surface area (Å²) in [4.78, 5) is 17.1. The minimum absolute atomic E-state index is 0.0841. The van der Waals surface area contributed by atoms with Gasteiger partial charge in [0.25, 0.3) is 5.91 Å². The third kappa shape index (κ3) is 4.92. The third-order valence-corrected chi connectivity index (χ3v) is 6.66. The number of anilines is 1. The van der Waals surface area contributed by atoms with Crippen LogP contribution in [0.15, 0.2) is 48.5 Å². The molecule has 0 spiro atoms. The summed E-state index contributed by atoms with van der Waals surface area (Å²) >= 11 is 0. The monoisotopic (exact) mass is 442 g/mol. The molecule has 0 saturated carbocycles. The van der Waals surface area contributed by atoms with Gasteiger partial charge < -0.3 is 9.80 Å². The van der Waals surface area contributed by atoms with Crippen LogP contribution >= 0.6 is 0 Å². The average Bonchev–Trinajstić information content (AvgIpc) is 2.81. The molecule has 0 N–H and O–H groups in total. The van der Waals surface area contributed by atoms with Crippen LogP contribution in [0.5, 0.6) is 0 Å². The number of carbonyl (C=O) groups excluding carboxylic acids is 1. The first kappa shape index (κ1) is 23.0. The minimum atomic E-state index is 0.0841. The Kier molecular flexibility index (Phi) is 6.24. The molecule has 2 aromatic carbocycles. The summed E-state index contributed by atoms with van der Waals surface area (Å²) in [7, 11) is 0. The van der Waals surface area contributed by atoms with E-state index >= 15 is 0 Å². The van der Waals surface area contributed by atoms with Crippen LogP contribution in [-0.4, -0.2) is 47.2 Å². The summed E-state index contributed by atoms with van der Waals surface area (Å²) in [6, 6.07) is 16.5. The first-order chi connectivity index (χ1) is 15.6. The van der Waals surface area contributed by atoms with Crippen molar-refractivity contribution in [2.45, 2.75) is 47.0 Å². The second-order valence-corrected chi connectivity index (χ2v) is 10.1. The van der Waals surface area contributed by atoms with Gasteiger partial charge in [-0.1, -0.05) is 39.0 Å². The molecule has 1 aliphatic rings. The normalized spacial score (nSPS) is 14.5. The molecule has 0 radical (unpaired) electrons. The van der Waals surface area contributed by atoms with E-state index in [-0.39, 0.29) is 11.3 Å². The smallest absolute Gasteiger partial charge is 0.253 e. The maximum atomic E-state index is 13.0. The number of benzene rings is 2. The minimum Gasteiger partial charge on any atom is -0.352 e. The lowest BCUT2D eigenvalue weighted by atomic mass is 9.86. The van der Waals surface area contributed by atoms with Crippen molar-refractivity contribution in [3.63, 3.8) is 0 Å². The van der Waals surface area contributed by atoms with Gasteiger partial charge in [-0.3, -0.25) is 4.79 Å². The Morgan fingerprint density at radius 1 is 0.788 bits per heavy atom. The van der Waals surface area contributed by atoms with Crippen molar-refractivity contribution in [3.05, 3.63) is 76.3 Å². The molecule has 1 aromatic heterocycles. The molecule has 1 saturated heterocycles. The maximum absolute atomic E-state index is 13.0. The van der Waals surface area contributed by atoms with E-state index in [0.717, 1.165) is 35.7 Å². The van der Waals surface area contributed by atoms with Gasteiger partial charge in [-0.2, -0.15) is 0 Å². The molecule has 172 valence electrons. The second-order valence-electron chi connectivity index (χ2n) is 10.1. The summed E-state index contributed by atoms with van der Waals surface area (Å²) in [5.74, 6) is 0.962. The van der Waals surface area contributed by atoms with E-state index < -0.39 is 0 Å². The summed E-state index contributed by atoms with van der Waals surface area (Å²) in [6.07, 6.45) is 0. The van der Waals surface area contributed by atoms with Gasteiger partial charge in [-0.05, 0) is 78.8 Å². The van der Waals surface area contributed by atoms with Crippen molar-refractivity contribution < 1.29 is 4.79 Å². The van der Waals surface area contributed by atoms with Crippen LogP contribution in [0.25, 0.3) is 11.3 Å². The number of amides is 1. The zero-order chi connectivity index (χ0) is 23.8. The molecular formula is C28H34N4O. The lowest BCUT2D eigenvalue weighted by molar-refractivity contribution is 0.0746. The van der Waals surface area contributed by atoms with Gasteiger partial charge in [0.1, 0.15) is 0 Å². The van der Waals surface area contributed by atoms with E-state index in [0.29, 0.717) is 13.1 Å². The molecule has 33 heavy (non-hydrogen) atoms. The Bertz CT molecular complexity index is 1140. The SMILES string of the molecule is Cc1cc(C)c(-c2ccc(N3CCN(C(=O)c4ccc(C(C)(C)C)cc4)CC3)nn2)cc1C. The van der Waals surface area contributed by atoms with Crippen molar-refractivity contribution in [2.24, 2.45) is 0 Å². The number of piperazine rings is 1. The van der Waals surface area contributed by atoms with Crippen molar-refractivity contribution in [1.82, 2.24) is 15.1 Å². The van der Waals surface area contributed by atoms with E-state index in [1.165, 1.54) is 22.3 Å². The molecule has 4 rings (SSSR count). The molecule has 3 aromatic rings. The molecule has 5 heteroatoms. The molecule has 0 aliphatic carbocycles. The summed E-state index contributed by atoms with van der Waals surface area (Å²) in [6.45, 7) is 15.8. The number of rotatable bonds is 3. The molecule has 0 atom stereocenters. The van der Waals surface area contributed by atoms with E-state index in [1.807, 2.05) is 29.2 Å². The summed E-state index contributed by atoms with van der Waals surface area (Å²) in [5.41, 5.74) is 7.86. The zero-order valence-electron chi connectivity index (χ0n) is 20.6. The van der Waals surface area contributed by atoms with E-state index in [1.54, 1.807) is 0 Å². The van der Waals surface area contributed by atoms with Gasteiger partial charge in [0.05, 0.1) is 5.69 Å². The number of carbonyl (C=O) groups is 1. The lowest BCUT2D eigenvalue weighted by Gasteiger charge is -2.35. The highest BCUT2D eigenvalue weighted by molar-refractivity contribution is 5.94. The van der Waals surface area contributed by atoms with Gasteiger partial charge in [0, 0.05) is 37.3 Å². The Morgan fingerprint density at radius 3 is 2.00 bits per heavy atom. The van der Waals surface area contributed by atoms with E-state index in [4.69, 9.17) is 0 Å². The average molecular weight is 443 g/mol. The zero-order valence-corrected chi connectivity index (χ0v) is 20.6. The molecule has 1 aliphatic heterocycles. The molecule has 0 unspecified atom stereocenters. The van der Waals surface area contributed by atoms with Crippen molar-refractivity contribution >= 4 is 11.7 Å². The number of aromatic nitrogens is 2. The van der Waals surface area contributed by atoms with Crippen LogP contribution in [0.2, 0.25) is 0 Å². The second kappa shape index (κ2) is 8.97. The molecule has 2 heterocycles. The van der Waals surface area contributed by atoms with Crippen molar-refractivity contribution in [2.75, 3.05) is 31.1 Å². The highest BCUT2D eigenvalue weighted by Gasteiger charge is 2.24. The quantitative estimate of drug-likeness (QED) is 0.550. The van der Waals surface area contributed by atoms with Gasteiger partial charge in [-0.15, -0.1) is 10.2 Å². The Hall–Kier alpha value is -3.21. The fourth-order valence-corrected chi connectivity index (χ4v) is 4.31. The molecule has 5 nitrogen and oxygen atoms in total. The maximum Gasteiger partial charge on any atom is 0.253 e. The predicted molar refractivity (Wildman–Crippen MR) is 135 cm³/mol. The standard InChI is InChI=1S/C28H34N4O/c1-19-17-21(3)24(18-20(19)2)25-11-12-26(30-29-25)31-13-15-32(16-14-31)27(33)22-7-9-23(10-8-22)28(4,5)6/h7-12,17-18H,13-16H2,1-6H3. The van der Waals surface area contributed by atoms with Crippen LogP contribution in [-0.2, 0) is 5.41 Å². The summed E-state index contributed by atoms with van der Waals surface area (Å²) < 4.78 is 0. The Morgan fingerprint density at radius 2 is 1.42 bits per heavy atom. The molecular weight excluding hydrogens is 408 g/mol. The van der Waals surface area contributed by atoms with Crippen LogP contribution in [0, 0.1) is 20.8 Å². The lowest BCUT2D eigenvalue weighted by Crippen LogP contribution is -2.49. The van der Waals surface area contributed by atoms with Crippen LogP contribution in [0.3, 0.4) is 0 Å². The van der Waals surface area contributed by atoms with Crippen LogP contribution < -0.4 is 4.90 Å². The Balaban J connectivity index is 1.40. The van der Waals surface area contributed by atoms with Crippen molar-refractivity contribution in [3.8, 4) is 11.3 Å². The number of hydrogen-bond acceptors (Lipinski definition) is 4. The van der Waals surface area contributed by atoms with Gasteiger partial charge in [-0.25, -0.2) is 0 Å². The fourth-order valence-electron chi connectivity index (χ4n) is 4.31. The van der Waals surface area contributed by atoms with E-state index in [2.05, 4.69) is 80.9 Å². The highest BCUT2D eigenvalue weighted by atomic mass is 16.2. The highest BCUT2D eigenvalue weighted by Crippen LogP contribution is 2.26. The number of hydrogen-bond donors (Lipinski definition) is 0. The topological polar surface area (TPSA) is 49.3 Å². The van der Waals surface area contributed by atoms with E-state index in [9.17, 15) is 4.79 Å². The van der Waals surface area contributed by atoms with Crippen LogP contribution in [0.1, 0.15) is 53.4 Å². The number of aryl methyl sites for hydroxylation is 3. The largest absolute Gasteiger partial charge is 0.352 e. The molecule has 1 amide bonds. The molecule has 0 bridgehead atoms. The predicted octanol–water partition coefficient (Wildman–Crippen LogP) is 5.33. The Labute approximate surface area is 197 Å². The van der Waals surface area contributed by atoms with Gasteiger partial charge >= 0.3 is 0 Å². The van der Waals surface area contributed by atoms with Crippen molar-refractivity contribution in [1.29, 1.82) is 0 Å². The van der Waals surface area contributed by atoms with Gasteiger partial charge in [0.2, 0.25) is 0 Å². The third-order valence-electron chi connectivity index (χ3n) is 6.66. The first-order valence-corrected chi connectivity index (χ1v) is 11.7. The fraction of sp³-hybridized carbons (Fsp3) is 0.393. The summed E-state index contributed by atoms with van der Waals surface area (Å²) in [5, 5.41) is 9.02. The van der Waals surface area contributed by atoms with Gasteiger partial charge in [0.15, 0.2) is 5.82 Å².